The number of ether oxygens (including phenoxy) is 2. The summed E-state index contributed by atoms with van der Waals surface area (Å²) in [5.74, 6) is 1.84. The summed E-state index contributed by atoms with van der Waals surface area (Å²) in [7, 11) is 0. The number of hydrogen-bond donors (Lipinski definition) is 1. The van der Waals surface area contributed by atoms with Crippen molar-refractivity contribution in [2.24, 2.45) is 0 Å². The van der Waals surface area contributed by atoms with Gasteiger partial charge >= 0.3 is 0 Å². The third kappa shape index (κ3) is 4.34. The van der Waals surface area contributed by atoms with Gasteiger partial charge in [-0.1, -0.05) is 34.1 Å². The van der Waals surface area contributed by atoms with Crippen molar-refractivity contribution in [2.45, 2.75) is 33.4 Å². The van der Waals surface area contributed by atoms with Gasteiger partial charge in [0.1, 0.15) is 19.0 Å². The summed E-state index contributed by atoms with van der Waals surface area (Å²) in [6.45, 7) is 6.28. The number of nitrogens with zero attached hydrogens (tertiary/aromatic N) is 3. The number of anilines is 1. The topological polar surface area (TPSA) is 78.3 Å². The molecule has 0 unspecified atom stereocenters. The van der Waals surface area contributed by atoms with Crippen LogP contribution in [0.5, 0.6) is 11.5 Å². The zero-order valence-electron chi connectivity index (χ0n) is 17.6. The van der Waals surface area contributed by atoms with E-state index in [9.17, 15) is 4.79 Å². The molecule has 7 nitrogen and oxygen atoms in total. The number of Topliss-reactive ketones (excluding diaryl/α,β-unsaturated/α-hetero) is 1. The third-order valence-corrected chi connectivity index (χ3v) is 5.59. The van der Waals surface area contributed by atoms with Crippen LogP contribution in [-0.2, 0) is 11.4 Å². The molecule has 0 radical (unpaired) electrons. The predicted molar refractivity (Wildman–Crippen MR) is 121 cm³/mol. The second-order valence-electron chi connectivity index (χ2n) is 7.20. The van der Waals surface area contributed by atoms with E-state index in [1.807, 2.05) is 56.3 Å². The number of aromatic nitrogens is 3. The van der Waals surface area contributed by atoms with Crippen molar-refractivity contribution >= 4 is 27.7 Å². The number of allylic oxidation sites excluding steroid dienone is 2. The first-order valence-electron chi connectivity index (χ1n) is 10.00. The molecule has 8 heteroatoms. The van der Waals surface area contributed by atoms with Crippen LogP contribution in [-0.4, -0.2) is 27.2 Å². The highest BCUT2D eigenvalue weighted by molar-refractivity contribution is 9.10. The Hall–Kier alpha value is -3.13. The molecule has 0 amide bonds. The quantitative estimate of drug-likeness (QED) is 0.516. The number of carbonyl (C=O) groups excluding carboxylic acids is 1. The number of carbonyl (C=O) groups is 1. The molecule has 3 aromatic rings. The van der Waals surface area contributed by atoms with Crippen LogP contribution in [0.1, 0.15) is 37.9 Å². The average Bonchev–Trinajstić information content (AvgIpc) is 3.21. The van der Waals surface area contributed by atoms with Gasteiger partial charge in [-0.25, -0.2) is 4.68 Å². The zero-order chi connectivity index (χ0) is 22.0. The normalized spacial score (nSPS) is 15.3. The fraction of sp³-hybridized carbons (Fsp3) is 0.261. The van der Waals surface area contributed by atoms with Gasteiger partial charge in [-0.2, -0.15) is 10.1 Å². The highest BCUT2D eigenvalue weighted by Gasteiger charge is 2.32. The molecule has 2 heterocycles. The summed E-state index contributed by atoms with van der Waals surface area (Å²) in [4.78, 5) is 16.7. The summed E-state index contributed by atoms with van der Waals surface area (Å²) in [6.07, 6.45) is 1.48. The van der Waals surface area contributed by atoms with Gasteiger partial charge in [-0.15, -0.1) is 0 Å². The summed E-state index contributed by atoms with van der Waals surface area (Å²) in [5.41, 5.74) is 3.34. The first kappa shape index (κ1) is 21.1. The highest BCUT2D eigenvalue weighted by atomic mass is 79.9. The van der Waals surface area contributed by atoms with Crippen molar-refractivity contribution in [3.8, 4) is 11.5 Å². The van der Waals surface area contributed by atoms with E-state index >= 15 is 0 Å². The molecule has 0 spiro atoms. The first-order valence-corrected chi connectivity index (χ1v) is 10.8. The predicted octanol–water partition coefficient (Wildman–Crippen LogP) is 4.90. The van der Waals surface area contributed by atoms with Gasteiger partial charge < -0.3 is 14.8 Å². The van der Waals surface area contributed by atoms with Crippen LogP contribution in [0.4, 0.5) is 5.95 Å². The Morgan fingerprint density at radius 1 is 1.16 bits per heavy atom. The molecule has 4 rings (SSSR count). The summed E-state index contributed by atoms with van der Waals surface area (Å²) < 4.78 is 14.7. The van der Waals surface area contributed by atoms with Gasteiger partial charge in [-0.05, 0) is 56.2 Å². The number of ketones is 1. The minimum absolute atomic E-state index is 0.0234. The largest absolute Gasteiger partial charge is 0.490 e. The molecule has 0 fully saturated rings. The molecule has 1 aromatic heterocycles. The monoisotopic (exact) mass is 482 g/mol. The Labute approximate surface area is 189 Å². The van der Waals surface area contributed by atoms with Crippen LogP contribution in [0.15, 0.2) is 64.5 Å². The Bertz CT molecular complexity index is 1140. The molecule has 31 heavy (non-hydrogen) atoms. The fourth-order valence-corrected chi connectivity index (χ4v) is 3.94. The molecule has 0 saturated heterocycles. The van der Waals surface area contributed by atoms with E-state index in [1.54, 1.807) is 11.6 Å². The molecule has 1 aliphatic rings. The number of fused-ring (bicyclic) bond motifs is 1. The minimum Gasteiger partial charge on any atom is -0.490 e. The molecular formula is C23H23BrN4O3. The number of hydrogen-bond acceptors (Lipinski definition) is 6. The Balaban J connectivity index is 1.68. The zero-order valence-corrected chi connectivity index (χ0v) is 19.1. The maximum atomic E-state index is 12.5. The molecule has 1 aliphatic heterocycles. The van der Waals surface area contributed by atoms with Crippen LogP contribution in [0.25, 0.3) is 0 Å². The smallest absolute Gasteiger partial charge is 0.226 e. The molecule has 1 atom stereocenters. The summed E-state index contributed by atoms with van der Waals surface area (Å²) in [5, 5.41) is 7.50. The summed E-state index contributed by atoms with van der Waals surface area (Å²) in [6, 6.07) is 13.3. The van der Waals surface area contributed by atoms with E-state index in [4.69, 9.17) is 9.47 Å². The Morgan fingerprint density at radius 2 is 1.94 bits per heavy atom. The van der Waals surface area contributed by atoms with Gasteiger partial charge in [-0.3, -0.25) is 4.79 Å². The number of nitrogens with one attached hydrogen (secondary N) is 1. The Morgan fingerprint density at radius 3 is 2.65 bits per heavy atom. The molecule has 0 bridgehead atoms. The maximum Gasteiger partial charge on any atom is 0.226 e. The SMILES string of the molecule is CCOc1cc([C@@H]2C(C(C)=O)=C(C)Nc3ncnn32)ccc1OCc1ccc(Br)cc1. The molecule has 0 aliphatic carbocycles. The lowest BCUT2D eigenvalue weighted by molar-refractivity contribution is -0.114. The standard InChI is InChI=1S/C23H23BrN4O3/c1-4-30-20-11-17(7-10-19(20)31-12-16-5-8-18(24)9-6-16)22-21(15(3)29)14(2)27-23-25-13-26-28(22)23/h5-11,13,22H,4,12H2,1-3H3,(H,25,26,27)/t22-/m1/s1. The number of benzene rings is 2. The minimum atomic E-state index is -0.393. The van der Waals surface area contributed by atoms with Gasteiger partial charge in [0.2, 0.25) is 5.95 Å². The van der Waals surface area contributed by atoms with Crippen LogP contribution >= 0.6 is 15.9 Å². The summed E-state index contributed by atoms with van der Waals surface area (Å²) >= 11 is 3.44. The highest BCUT2D eigenvalue weighted by Crippen LogP contribution is 2.39. The van der Waals surface area contributed by atoms with Crippen molar-refractivity contribution < 1.29 is 14.3 Å². The van der Waals surface area contributed by atoms with E-state index in [1.165, 1.54) is 6.33 Å². The van der Waals surface area contributed by atoms with Crippen molar-refractivity contribution in [3.05, 3.63) is 75.7 Å². The third-order valence-electron chi connectivity index (χ3n) is 5.06. The lowest BCUT2D eigenvalue weighted by Crippen LogP contribution is -2.27. The first-order chi connectivity index (χ1) is 15.0. The molecule has 2 aromatic carbocycles. The second-order valence-corrected chi connectivity index (χ2v) is 8.12. The van der Waals surface area contributed by atoms with Crippen molar-refractivity contribution in [1.82, 2.24) is 14.8 Å². The maximum absolute atomic E-state index is 12.5. The van der Waals surface area contributed by atoms with Crippen LogP contribution in [0.2, 0.25) is 0 Å². The van der Waals surface area contributed by atoms with Crippen molar-refractivity contribution in [2.75, 3.05) is 11.9 Å². The fourth-order valence-electron chi connectivity index (χ4n) is 3.68. The van der Waals surface area contributed by atoms with Gasteiger partial charge in [0, 0.05) is 15.7 Å². The number of halogens is 1. The van der Waals surface area contributed by atoms with Gasteiger partial charge in [0.25, 0.3) is 0 Å². The van der Waals surface area contributed by atoms with Crippen LogP contribution < -0.4 is 14.8 Å². The van der Waals surface area contributed by atoms with Crippen molar-refractivity contribution in [1.29, 1.82) is 0 Å². The molecule has 1 N–H and O–H groups in total. The lowest BCUT2D eigenvalue weighted by atomic mass is 9.93. The van der Waals surface area contributed by atoms with Gasteiger partial charge in [0.15, 0.2) is 17.3 Å². The van der Waals surface area contributed by atoms with E-state index in [2.05, 4.69) is 31.3 Å². The lowest BCUT2D eigenvalue weighted by Gasteiger charge is -2.28. The van der Waals surface area contributed by atoms with Crippen molar-refractivity contribution in [3.63, 3.8) is 0 Å². The molecule has 0 saturated carbocycles. The average molecular weight is 483 g/mol. The molecular weight excluding hydrogens is 460 g/mol. The van der Waals surface area contributed by atoms with E-state index in [0.717, 1.165) is 21.3 Å². The second kappa shape index (κ2) is 8.93. The number of rotatable bonds is 7. The van der Waals surface area contributed by atoms with E-state index in [-0.39, 0.29) is 5.78 Å². The molecule has 160 valence electrons. The van der Waals surface area contributed by atoms with Crippen LogP contribution in [0, 0.1) is 0 Å². The van der Waals surface area contributed by atoms with E-state index < -0.39 is 6.04 Å². The Kier molecular flexibility index (Phi) is 6.08. The van der Waals surface area contributed by atoms with E-state index in [0.29, 0.717) is 36.2 Å². The van der Waals surface area contributed by atoms with Crippen LogP contribution in [0.3, 0.4) is 0 Å². The van der Waals surface area contributed by atoms with Gasteiger partial charge in [0.05, 0.1) is 6.61 Å².